The first-order chi connectivity index (χ1) is 12.3. The van der Waals surface area contributed by atoms with Gasteiger partial charge in [0.15, 0.2) is 0 Å². The molecule has 0 bridgehead atoms. The molecule has 1 atom stereocenters. The third kappa shape index (κ3) is 5.59. The molecule has 0 aliphatic carbocycles. The summed E-state index contributed by atoms with van der Waals surface area (Å²) in [6.07, 6.45) is 0. The fourth-order valence-corrected chi connectivity index (χ4v) is 2.70. The van der Waals surface area contributed by atoms with Crippen LogP contribution >= 0.6 is 0 Å². The van der Waals surface area contributed by atoms with E-state index in [1.54, 1.807) is 68.4 Å². The summed E-state index contributed by atoms with van der Waals surface area (Å²) < 4.78 is 25.5. The summed E-state index contributed by atoms with van der Waals surface area (Å²) in [7, 11) is -3.35. The summed E-state index contributed by atoms with van der Waals surface area (Å²) in [5.74, 6) is -0.738. The molecule has 3 N–H and O–H groups in total. The topological polar surface area (TPSA) is 104 Å². The molecule has 2 aromatic carbocycles. The van der Waals surface area contributed by atoms with Gasteiger partial charge in [-0.05, 0) is 50.2 Å². The molecule has 0 aliphatic heterocycles. The van der Waals surface area contributed by atoms with Gasteiger partial charge >= 0.3 is 0 Å². The Labute approximate surface area is 152 Å². The van der Waals surface area contributed by atoms with Crippen LogP contribution in [-0.4, -0.2) is 32.0 Å². The second kappa shape index (κ2) is 8.48. The normalized spacial score (nSPS) is 12.1. The number of benzene rings is 2. The number of carbonyl (C=O) groups excluding carboxylic acids is 2. The Morgan fingerprint density at radius 3 is 2.12 bits per heavy atom. The number of hydrogen-bond donors (Lipinski definition) is 3. The molecule has 0 radical (unpaired) electrons. The Balaban J connectivity index is 1.93. The van der Waals surface area contributed by atoms with E-state index in [0.29, 0.717) is 16.9 Å². The van der Waals surface area contributed by atoms with Crippen LogP contribution in [-0.2, 0) is 14.8 Å². The fourth-order valence-electron chi connectivity index (χ4n) is 2.06. The van der Waals surface area contributed by atoms with E-state index in [0.717, 1.165) is 0 Å². The van der Waals surface area contributed by atoms with Crippen LogP contribution in [0.2, 0.25) is 0 Å². The first kappa shape index (κ1) is 19.5. The number of amides is 2. The molecule has 0 aromatic heterocycles. The van der Waals surface area contributed by atoms with E-state index in [1.807, 2.05) is 0 Å². The fraction of sp³-hybridized carbons (Fsp3) is 0.222. The maximum absolute atomic E-state index is 12.2. The van der Waals surface area contributed by atoms with Crippen molar-refractivity contribution in [2.45, 2.75) is 19.9 Å². The number of carbonyl (C=O) groups is 2. The van der Waals surface area contributed by atoms with Crippen molar-refractivity contribution in [2.75, 3.05) is 15.8 Å². The maximum atomic E-state index is 12.2. The molecule has 0 saturated heterocycles. The van der Waals surface area contributed by atoms with Gasteiger partial charge in [-0.15, -0.1) is 0 Å². The highest BCUT2D eigenvalue weighted by Crippen LogP contribution is 2.15. The minimum absolute atomic E-state index is 0.0237. The monoisotopic (exact) mass is 375 g/mol. The van der Waals surface area contributed by atoms with Gasteiger partial charge in [-0.1, -0.05) is 18.2 Å². The van der Waals surface area contributed by atoms with E-state index in [-0.39, 0.29) is 17.6 Å². The number of sulfonamides is 1. The molecule has 2 rings (SSSR count). The molecule has 8 heteroatoms. The Morgan fingerprint density at radius 1 is 0.962 bits per heavy atom. The van der Waals surface area contributed by atoms with Crippen LogP contribution < -0.4 is 15.4 Å². The molecular weight excluding hydrogens is 354 g/mol. The quantitative estimate of drug-likeness (QED) is 0.690. The lowest BCUT2D eigenvalue weighted by Crippen LogP contribution is -2.41. The summed E-state index contributed by atoms with van der Waals surface area (Å²) in [6, 6.07) is 14.1. The van der Waals surface area contributed by atoms with Crippen molar-refractivity contribution >= 4 is 33.2 Å². The van der Waals surface area contributed by atoms with Crippen molar-refractivity contribution in [3.63, 3.8) is 0 Å². The van der Waals surface area contributed by atoms with Gasteiger partial charge < -0.3 is 10.6 Å². The van der Waals surface area contributed by atoms with E-state index in [2.05, 4.69) is 15.4 Å². The van der Waals surface area contributed by atoms with Crippen LogP contribution in [0.25, 0.3) is 0 Å². The van der Waals surface area contributed by atoms with E-state index in [9.17, 15) is 18.0 Å². The van der Waals surface area contributed by atoms with E-state index in [1.165, 1.54) is 0 Å². The summed E-state index contributed by atoms with van der Waals surface area (Å²) in [5.41, 5.74) is 1.38. The van der Waals surface area contributed by atoms with Gasteiger partial charge in [-0.2, -0.15) is 0 Å². The van der Waals surface area contributed by atoms with Gasteiger partial charge in [0, 0.05) is 16.9 Å². The highest BCUT2D eigenvalue weighted by Gasteiger charge is 2.16. The molecule has 1 unspecified atom stereocenters. The zero-order valence-electron chi connectivity index (χ0n) is 14.5. The van der Waals surface area contributed by atoms with Gasteiger partial charge in [-0.25, -0.2) is 8.42 Å². The molecule has 0 saturated carbocycles. The highest BCUT2D eigenvalue weighted by molar-refractivity contribution is 7.92. The van der Waals surface area contributed by atoms with Crippen molar-refractivity contribution in [1.29, 1.82) is 0 Å². The predicted molar refractivity (Wildman–Crippen MR) is 102 cm³/mol. The largest absolute Gasteiger partial charge is 0.341 e. The lowest BCUT2D eigenvalue weighted by Gasteiger charge is -2.14. The minimum atomic E-state index is -3.35. The highest BCUT2D eigenvalue weighted by atomic mass is 32.2. The van der Waals surface area contributed by atoms with Crippen LogP contribution in [0.4, 0.5) is 11.4 Å². The molecule has 2 aromatic rings. The van der Waals surface area contributed by atoms with Crippen molar-refractivity contribution < 1.29 is 18.0 Å². The molecule has 26 heavy (non-hydrogen) atoms. The van der Waals surface area contributed by atoms with Crippen LogP contribution in [0.15, 0.2) is 54.6 Å². The second-order valence-corrected chi connectivity index (χ2v) is 7.64. The predicted octanol–water partition coefficient (Wildman–Crippen LogP) is 2.21. The third-order valence-corrected chi connectivity index (χ3v) is 4.89. The molecule has 0 heterocycles. The van der Waals surface area contributed by atoms with Crippen molar-refractivity contribution in [3.05, 3.63) is 60.2 Å². The SMILES string of the molecule is CCS(=O)(=O)Nc1ccc(NC(=O)C(C)NC(=O)c2ccccc2)cc1. The zero-order chi connectivity index (χ0) is 19.2. The molecule has 7 nitrogen and oxygen atoms in total. The van der Waals surface area contributed by atoms with Crippen molar-refractivity contribution in [2.24, 2.45) is 0 Å². The number of anilines is 2. The second-order valence-electron chi connectivity index (χ2n) is 5.63. The van der Waals surface area contributed by atoms with Gasteiger partial charge in [0.25, 0.3) is 5.91 Å². The molecule has 138 valence electrons. The molecule has 2 amide bonds. The smallest absolute Gasteiger partial charge is 0.251 e. The summed E-state index contributed by atoms with van der Waals surface area (Å²) in [4.78, 5) is 24.3. The summed E-state index contributed by atoms with van der Waals surface area (Å²) >= 11 is 0. The first-order valence-corrected chi connectivity index (χ1v) is 9.73. The standard InChI is InChI=1S/C18H21N3O4S/c1-3-26(24,25)21-16-11-9-15(10-12-16)20-17(22)13(2)19-18(23)14-7-5-4-6-8-14/h4-13,21H,3H2,1-2H3,(H,19,23)(H,20,22). The van der Waals surface area contributed by atoms with E-state index < -0.39 is 16.1 Å². The maximum Gasteiger partial charge on any atom is 0.251 e. The van der Waals surface area contributed by atoms with Gasteiger partial charge in [0.1, 0.15) is 6.04 Å². The van der Waals surface area contributed by atoms with Crippen LogP contribution in [0.1, 0.15) is 24.2 Å². The Bertz CT molecular complexity index is 865. The minimum Gasteiger partial charge on any atom is -0.341 e. The Kier molecular flexibility index (Phi) is 6.35. The molecular formula is C18H21N3O4S. The molecule has 0 aliphatic rings. The summed E-state index contributed by atoms with van der Waals surface area (Å²) in [5, 5.41) is 5.30. The van der Waals surface area contributed by atoms with Crippen LogP contribution in [0, 0.1) is 0 Å². The Morgan fingerprint density at radius 2 is 1.54 bits per heavy atom. The van der Waals surface area contributed by atoms with E-state index >= 15 is 0 Å². The summed E-state index contributed by atoms with van der Waals surface area (Å²) in [6.45, 7) is 3.13. The Hall–Kier alpha value is -2.87. The lowest BCUT2D eigenvalue weighted by atomic mass is 10.2. The van der Waals surface area contributed by atoms with Crippen LogP contribution in [0.3, 0.4) is 0 Å². The molecule has 0 fully saturated rings. The van der Waals surface area contributed by atoms with Gasteiger partial charge in [0.05, 0.1) is 5.75 Å². The third-order valence-electron chi connectivity index (χ3n) is 3.58. The van der Waals surface area contributed by atoms with Gasteiger partial charge in [0.2, 0.25) is 15.9 Å². The number of rotatable bonds is 7. The van der Waals surface area contributed by atoms with Gasteiger partial charge in [-0.3, -0.25) is 14.3 Å². The number of nitrogens with one attached hydrogen (secondary N) is 3. The average molecular weight is 375 g/mol. The van der Waals surface area contributed by atoms with Crippen LogP contribution in [0.5, 0.6) is 0 Å². The zero-order valence-corrected chi connectivity index (χ0v) is 15.3. The molecule has 0 spiro atoms. The van der Waals surface area contributed by atoms with Crippen molar-refractivity contribution in [3.8, 4) is 0 Å². The first-order valence-electron chi connectivity index (χ1n) is 8.08. The number of hydrogen-bond acceptors (Lipinski definition) is 4. The van der Waals surface area contributed by atoms with Crippen molar-refractivity contribution in [1.82, 2.24) is 5.32 Å². The van der Waals surface area contributed by atoms with E-state index in [4.69, 9.17) is 0 Å². The lowest BCUT2D eigenvalue weighted by molar-refractivity contribution is -0.117. The average Bonchev–Trinajstić information content (AvgIpc) is 2.63.